The Kier molecular flexibility index (Phi) is 7.49. The standard InChI is InChI=1S/C19H24N4O.HI/c1-14-13-21-10-7-15(14)8-11-22-19(20-2)23-17-9-12-24-18-6-4-3-5-16(17)18;/h3-7,10,13,17H,8-9,11-12H2,1-2H3,(H2,20,22,23);1H. The molecule has 6 heteroatoms. The van der Waals surface area contributed by atoms with Crippen LogP contribution in [0.4, 0.5) is 0 Å². The fourth-order valence-corrected chi connectivity index (χ4v) is 2.95. The van der Waals surface area contributed by atoms with Crippen LogP contribution in [0.2, 0.25) is 0 Å². The molecule has 2 N–H and O–H groups in total. The van der Waals surface area contributed by atoms with E-state index >= 15 is 0 Å². The Hall–Kier alpha value is -1.83. The molecule has 1 aromatic heterocycles. The first-order chi connectivity index (χ1) is 11.8. The number of nitrogens with zero attached hydrogens (tertiary/aromatic N) is 2. The van der Waals surface area contributed by atoms with E-state index in [0.29, 0.717) is 0 Å². The molecule has 5 nitrogen and oxygen atoms in total. The van der Waals surface area contributed by atoms with Crippen molar-refractivity contribution in [2.45, 2.75) is 25.8 Å². The third kappa shape index (κ3) is 5.07. The van der Waals surface area contributed by atoms with Gasteiger partial charge in [-0.3, -0.25) is 9.98 Å². The van der Waals surface area contributed by atoms with E-state index in [1.807, 2.05) is 30.6 Å². The molecule has 25 heavy (non-hydrogen) atoms. The molecule has 0 saturated heterocycles. The Bertz CT molecular complexity index is 720. The molecule has 2 heterocycles. The number of aliphatic imine (C=N–C) groups is 1. The number of pyridine rings is 1. The number of aromatic nitrogens is 1. The Morgan fingerprint density at radius 3 is 2.96 bits per heavy atom. The smallest absolute Gasteiger partial charge is 0.191 e. The second-order valence-corrected chi connectivity index (χ2v) is 5.92. The molecule has 0 bridgehead atoms. The van der Waals surface area contributed by atoms with E-state index in [1.165, 1.54) is 16.7 Å². The third-order valence-electron chi connectivity index (χ3n) is 4.32. The number of guanidine groups is 1. The lowest BCUT2D eigenvalue weighted by Gasteiger charge is -2.28. The van der Waals surface area contributed by atoms with Gasteiger partial charge in [0.15, 0.2) is 5.96 Å². The molecule has 3 rings (SSSR count). The molecule has 1 unspecified atom stereocenters. The number of hydrogen-bond acceptors (Lipinski definition) is 3. The molecular weight excluding hydrogens is 427 g/mol. The number of halogens is 1. The van der Waals surface area contributed by atoms with E-state index in [4.69, 9.17) is 4.74 Å². The first-order valence-corrected chi connectivity index (χ1v) is 8.36. The zero-order chi connectivity index (χ0) is 16.8. The summed E-state index contributed by atoms with van der Waals surface area (Å²) in [5.41, 5.74) is 3.72. The van der Waals surface area contributed by atoms with Crippen LogP contribution in [0.1, 0.15) is 29.2 Å². The van der Waals surface area contributed by atoms with Gasteiger partial charge in [-0.05, 0) is 36.6 Å². The van der Waals surface area contributed by atoms with Crippen molar-refractivity contribution in [2.24, 2.45) is 4.99 Å². The summed E-state index contributed by atoms with van der Waals surface area (Å²) in [6.07, 6.45) is 5.62. The van der Waals surface area contributed by atoms with Gasteiger partial charge in [0.2, 0.25) is 0 Å². The summed E-state index contributed by atoms with van der Waals surface area (Å²) in [6.45, 7) is 3.64. The van der Waals surface area contributed by atoms with Gasteiger partial charge < -0.3 is 15.4 Å². The molecule has 1 aliphatic rings. The Morgan fingerprint density at radius 2 is 2.16 bits per heavy atom. The van der Waals surface area contributed by atoms with E-state index in [9.17, 15) is 0 Å². The Balaban J connectivity index is 0.00000225. The van der Waals surface area contributed by atoms with Gasteiger partial charge in [0.25, 0.3) is 0 Å². The van der Waals surface area contributed by atoms with Crippen LogP contribution in [0.15, 0.2) is 47.7 Å². The minimum Gasteiger partial charge on any atom is -0.493 e. The molecule has 0 radical (unpaired) electrons. The number of hydrogen-bond donors (Lipinski definition) is 2. The Morgan fingerprint density at radius 1 is 1.32 bits per heavy atom. The average Bonchev–Trinajstić information content (AvgIpc) is 2.62. The van der Waals surface area contributed by atoms with Crippen LogP contribution in [0.3, 0.4) is 0 Å². The van der Waals surface area contributed by atoms with E-state index in [0.717, 1.165) is 37.7 Å². The van der Waals surface area contributed by atoms with Gasteiger partial charge in [0.1, 0.15) is 5.75 Å². The third-order valence-corrected chi connectivity index (χ3v) is 4.32. The van der Waals surface area contributed by atoms with Crippen molar-refractivity contribution in [1.82, 2.24) is 15.6 Å². The minimum atomic E-state index is 0. The van der Waals surface area contributed by atoms with E-state index in [-0.39, 0.29) is 30.0 Å². The first-order valence-electron chi connectivity index (χ1n) is 8.36. The maximum absolute atomic E-state index is 5.71. The van der Waals surface area contributed by atoms with Crippen LogP contribution in [0.25, 0.3) is 0 Å². The summed E-state index contributed by atoms with van der Waals surface area (Å²) < 4.78 is 5.71. The average molecular weight is 452 g/mol. The normalized spacial score (nSPS) is 16.2. The molecule has 0 amide bonds. The lowest BCUT2D eigenvalue weighted by Crippen LogP contribution is -2.41. The summed E-state index contributed by atoms with van der Waals surface area (Å²) in [5, 5.41) is 6.91. The summed E-state index contributed by atoms with van der Waals surface area (Å²) in [4.78, 5) is 8.48. The molecule has 0 spiro atoms. The molecule has 1 aromatic carbocycles. The Labute approximate surface area is 166 Å². The highest BCUT2D eigenvalue weighted by atomic mass is 127. The lowest BCUT2D eigenvalue weighted by molar-refractivity contribution is 0.261. The number of fused-ring (bicyclic) bond motifs is 1. The van der Waals surface area contributed by atoms with E-state index in [2.05, 4.69) is 39.7 Å². The van der Waals surface area contributed by atoms with Gasteiger partial charge in [-0.2, -0.15) is 0 Å². The van der Waals surface area contributed by atoms with Gasteiger partial charge in [0.05, 0.1) is 12.6 Å². The molecule has 134 valence electrons. The van der Waals surface area contributed by atoms with Gasteiger partial charge in [-0.1, -0.05) is 18.2 Å². The number of benzene rings is 1. The second-order valence-electron chi connectivity index (χ2n) is 5.92. The van der Waals surface area contributed by atoms with Crippen LogP contribution in [0, 0.1) is 6.92 Å². The molecule has 2 aromatic rings. The number of aryl methyl sites for hydroxylation is 1. The highest BCUT2D eigenvalue weighted by Gasteiger charge is 2.21. The maximum atomic E-state index is 5.71. The zero-order valence-corrected chi connectivity index (χ0v) is 17.0. The van der Waals surface area contributed by atoms with Gasteiger partial charge in [-0.15, -0.1) is 24.0 Å². The van der Waals surface area contributed by atoms with E-state index in [1.54, 1.807) is 7.05 Å². The monoisotopic (exact) mass is 452 g/mol. The van der Waals surface area contributed by atoms with Crippen molar-refractivity contribution < 1.29 is 4.74 Å². The van der Waals surface area contributed by atoms with Gasteiger partial charge in [-0.25, -0.2) is 0 Å². The summed E-state index contributed by atoms with van der Waals surface area (Å²) in [7, 11) is 1.80. The SMILES string of the molecule is CN=C(NCCc1ccncc1C)NC1CCOc2ccccc21.I. The van der Waals surface area contributed by atoms with Crippen LogP contribution in [-0.4, -0.2) is 31.1 Å². The summed E-state index contributed by atoms with van der Waals surface area (Å²) >= 11 is 0. The van der Waals surface area contributed by atoms with Crippen molar-refractivity contribution in [2.75, 3.05) is 20.2 Å². The quantitative estimate of drug-likeness (QED) is 0.425. The fraction of sp³-hybridized carbons (Fsp3) is 0.368. The molecular formula is C19H25IN4O. The maximum Gasteiger partial charge on any atom is 0.191 e. The number of ether oxygens (including phenoxy) is 1. The van der Waals surface area contributed by atoms with Gasteiger partial charge in [0, 0.05) is 38.0 Å². The zero-order valence-electron chi connectivity index (χ0n) is 14.7. The van der Waals surface area contributed by atoms with Crippen LogP contribution in [-0.2, 0) is 6.42 Å². The largest absolute Gasteiger partial charge is 0.493 e. The molecule has 0 saturated carbocycles. The van der Waals surface area contributed by atoms with Crippen LogP contribution >= 0.6 is 24.0 Å². The molecule has 0 fully saturated rings. The number of nitrogens with one attached hydrogen (secondary N) is 2. The van der Waals surface area contributed by atoms with Crippen molar-refractivity contribution in [3.05, 3.63) is 59.4 Å². The summed E-state index contributed by atoms with van der Waals surface area (Å²) in [6, 6.07) is 10.5. The van der Waals surface area contributed by atoms with Crippen molar-refractivity contribution in [3.8, 4) is 5.75 Å². The van der Waals surface area contributed by atoms with Crippen LogP contribution < -0.4 is 15.4 Å². The van der Waals surface area contributed by atoms with Crippen molar-refractivity contribution in [1.29, 1.82) is 0 Å². The number of para-hydroxylation sites is 1. The van der Waals surface area contributed by atoms with Gasteiger partial charge >= 0.3 is 0 Å². The number of rotatable bonds is 4. The van der Waals surface area contributed by atoms with Crippen molar-refractivity contribution in [3.63, 3.8) is 0 Å². The van der Waals surface area contributed by atoms with E-state index < -0.39 is 0 Å². The minimum absolute atomic E-state index is 0. The highest BCUT2D eigenvalue weighted by Crippen LogP contribution is 2.31. The highest BCUT2D eigenvalue weighted by molar-refractivity contribution is 14.0. The van der Waals surface area contributed by atoms with Crippen molar-refractivity contribution >= 4 is 29.9 Å². The first kappa shape index (κ1) is 19.5. The molecule has 1 aliphatic heterocycles. The lowest BCUT2D eigenvalue weighted by atomic mass is 10.0. The summed E-state index contributed by atoms with van der Waals surface area (Å²) in [5.74, 6) is 1.78. The predicted octanol–water partition coefficient (Wildman–Crippen LogP) is 3.24. The fourth-order valence-electron chi connectivity index (χ4n) is 2.95. The van der Waals surface area contributed by atoms with Crippen LogP contribution in [0.5, 0.6) is 5.75 Å². The molecule has 1 atom stereocenters. The molecule has 0 aliphatic carbocycles. The second kappa shape index (κ2) is 9.60. The predicted molar refractivity (Wildman–Crippen MR) is 112 cm³/mol. The topological polar surface area (TPSA) is 58.5 Å².